The molecule has 0 aliphatic heterocycles. The lowest BCUT2D eigenvalue weighted by Gasteiger charge is -2.23. The number of halogens is 1. The van der Waals surface area contributed by atoms with Crippen LogP contribution in [0.1, 0.15) is 16.7 Å². The molecule has 0 atom stereocenters. The first-order valence-corrected chi connectivity index (χ1v) is 11.5. The van der Waals surface area contributed by atoms with Gasteiger partial charge in [-0.05, 0) is 59.5 Å². The molecule has 3 aromatic carbocycles. The zero-order chi connectivity index (χ0) is 23.1. The third-order valence-corrected chi connectivity index (χ3v) is 6.86. The number of sulfonamides is 1. The van der Waals surface area contributed by atoms with Crippen molar-refractivity contribution in [3.63, 3.8) is 0 Å². The molecule has 0 spiro atoms. The first-order valence-electron chi connectivity index (χ1n) is 10.0. The van der Waals surface area contributed by atoms with E-state index in [4.69, 9.17) is 9.47 Å². The van der Waals surface area contributed by atoms with Crippen molar-refractivity contribution in [3.05, 3.63) is 89.2 Å². The molecule has 0 aliphatic carbocycles. The van der Waals surface area contributed by atoms with Crippen LogP contribution >= 0.6 is 0 Å². The van der Waals surface area contributed by atoms with Gasteiger partial charge >= 0.3 is 0 Å². The Morgan fingerprint density at radius 1 is 0.812 bits per heavy atom. The van der Waals surface area contributed by atoms with Crippen LogP contribution in [0.5, 0.6) is 11.5 Å². The molecule has 3 aromatic rings. The van der Waals surface area contributed by atoms with Gasteiger partial charge in [0, 0.05) is 19.7 Å². The Bertz CT molecular complexity index is 1080. The zero-order valence-corrected chi connectivity index (χ0v) is 18.8. The third-order valence-electron chi connectivity index (χ3n) is 5.05. The Morgan fingerprint density at radius 2 is 1.28 bits per heavy atom. The molecule has 0 fully saturated rings. The van der Waals surface area contributed by atoms with Gasteiger partial charge in [-0.1, -0.05) is 30.3 Å². The van der Waals surface area contributed by atoms with E-state index in [0.29, 0.717) is 17.1 Å². The number of ether oxygens (including phenoxy) is 2. The van der Waals surface area contributed by atoms with E-state index in [9.17, 15) is 17.9 Å². The molecule has 8 heteroatoms. The van der Waals surface area contributed by atoms with Crippen molar-refractivity contribution in [1.82, 2.24) is 4.31 Å². The lowest BCUT2D eigenvalue weighted by Crippen LogP contribution is -2.31. The van der Waals surface area contributed by atoms with Crippen LogP contribution in [0.15, 0.2) is 71.6 Å². The molecular formula is C24H26FNO5S. The highest BCUT2D eigenvalue weighted by Gasteiger charge is 2.28. The Kier molecular flexibility index (Phi) is 7.84. The zero-order valence-electron chi connectivity index (χ0n) is 18.0. The van der Waals surface area contributed by atoms with Crippen molar-refractivity contribution in [2.75, 3.05) is 20.8 Å². The summed E-state index contributed by atoms with van der Waals surface area (Å²) >= 11 is 0. The summed E-state index contributed by atoms with van der Waals surface area (Å²) in [6.07, 6.45) is 0.236. The van der Waals surface area contributed by atoms with Gasteiger partial charge in [0.25, 0.3) is 0 Å². The van der Waals surface area contributed by atoms with Gasteiger partial charge in [-0.2, -0.15) is 4.31 Å². The van der Waals surface area contributed by atoms with Crippen molar-refractivity contribution >= 4 is 10.0 Å². The maximum absolute atomic E-state index is 14.6. The van der Waals surface area contributed by atoms with Gasteiger partial charge in [-0.3, -0.25) is 0 Å². The maximum Gasteiger partial charge on any atom is 0.246 e. The van der Waals surface area contributed by atoms with Gasteiger partial charge in [-0.15, -0.1) is 0 Å². The molecule has 0 bridgehead atoms. The first-order chi connectivity index (χ1) is 15.4. The van der Waals surface area contributed by atoms with Crippen molar-refractivity contribution in [1.29, 1.82) is 0 Å². The molecule has 0 radical (unpaired) electrons. The largest absolute Gasteiger partial charge is 0.497 e. The SMILES string of the molecule is COc1ccc(CN(Cc2ccc(OC)cc2)S(=O)(=O)c2cc(CCO)ccc2F)cc1. The minimum atomic E-state index is -4.19. The molecule has 170 valence electrons. The number of benzene rings is 3. The maximum atomic E-state index is 14.6. The number of hydrogen-bond acceptors (Lipinski definition) is 5. The number of methoxy groups -OCH3 is 2. The molecule has 0 saturated heterocycles. The van der Waals surface area contributed by atoms with Crippen LogP contribution in [0, 0.1) is 5.82 Å². The quantitative estimate of drug-likeness (QED) is 0.500. The molecule has 6 nitrogen and oxygen atoms in total. The van der Waals surface area contributed by atoms with E-state index in [0.717, 1.165) is 17.2 Å². The highest BCUT2D eigenvalue weighted by Crippen LogP contribution is 2.26. The van der Waals surface area contributed by atoms with Gasteiger partial charge in [0.2, 0.25) is 10.0 Å². The molecule has 0 heterocycles. The predicted octanol–water partition coefficient (Wildman–Crippen LogP) is 3.77. The molecule has 0 aromatic heterocycles. The Morgan fingerprint density at radius 3 is 1.72 bits per heavy atom. The van der Waals surface area contributed by atoms with Gasteiger partial charge in [-0.25, -0.2) is 12.8 Å². The molecule has 0 saturated carbocycles. The molecule has 0 unspecified atom stereocenters. The van der Waals surface area contributed by atoms with Crippen molar-refractivity contribution < 1.29 is 27.4 Å². The summed E-state index contributed by atoms with van der Waals surface area (Å²) in [7, 11) is -1.08. The van der Waals surface area contributed by atoms with Crippen LogP contribution in [-0.2, 0) is 29.5 Å². The smallest absolute Gasteiger partial charge is 0.246 e. The van der Waals surface area contributed by atoms with Crippen LogP contribution in [0.3, 0.4) is 0 Å². The van der Waals surface area contributed by atoms with Crippen LogP contribution in [-0.4, -0.2) is 38.7 Å². The van der Waals surface area contributed by atoms with E-state index >= 15 is 0 Å². The second kappa shape index (κ2) is 10.6. The molecule has 1 N–H and O–H groups in total. The normalized spacial score (nSPS) is 11.5. The van der Waals surface area contributed by atoms with Gasteiger partial charge in [0.15, 0.2) is 0 Å². The summed E-state index contributed by atoms with van der Waals surface area (Å²) in [5.74, 6) is 0.475. The van der Waals surface area contributed by atoms with Crippen LogP contribution in [0.4, 0.5) is 4.39 Å². The Balaban J connectivity index is 2.00. The average Bonchev–Trinajstić information content (AvgIpc) is 2.81. The molecular weight excluding hydrogens is 433 g/mol. The average molecular weight is 460 g/mol. The van der Waals surface area contributed by atoms with Crippen LogP contribution in [0.25, 0.3) is 0 Å². The van der Waals surface area contributed by atoms with Crippen molar-refractivity contribution in [2.24, 2.45) is 0 Å². The number of hydrogen-bond donors (Lipinski definition) is 1. The van der Waals surface area contributed by atoms with Gasteiger partial charge in [0.1, 0.15) is 22.2 Å². The summed E-state index contributed by atoms with van der Waals surface area (Å²) in [4.78, 5) is -0.412. The number of aliphatic hydroxyl groups is 1. The lowest BCUT2D eigenvalue weighted by molar-refractivity contribution is 0.299. The van der Waals surface area contributed by atoms with E-state index in [2.05, 4.69) is 0 Å². The molecule has 0 aliphatic rings. The summed E-state index contributed by atoms with van der Waals surface area (Å²) in [6, 6.07) is 18.0. The fourth-order valence-electron chi connectivity index (χ4n) is 3.26. The van der Waals surface area contributed by atoms with Crippen LogP contribution < -0.4 is 9.47 Å². The van der Waals surface area contributed by atoms with Crippen molar-refractivity contribution in [2.45, 2.75) is 24.4 Å². The van der Waals surface area contributed by atoms with Gasteiger partial charge in [0.05, 0.1) is 14.2 Å². The van der Waals surface area contributed by atoms with E-state index < -0.39 is 20.7 Å². The summed E-state index contributed by atoms with van der Waals surface area (Å²) < 4.78 is 53.3. The Labute approximate surface area is 187 Å². The minimum Gasteiger partial charge on any atom is -0.497 e. The fourth-order valence-corrected chi connectivity index (χ4v) is 4.80. The second-order valence-corrected chi connectivity index (χ2v) is 9.11. The topological polar surface area (TPSA) is 76.1 Å². The molecule has 3 rings (SSSR count). The lowest BCUT2D eigenvalue weighted by atomic mass is 10.2. The fraction of sp³-hybridized carbons (Fsp3) is 0.250. The van der Waals surface area contributed by atoms with E-state index in [1.807, 2.05) is 0 Å². The highest BCUT2D eigenvalue weighted by atomic mass is 32.2. The Hall–Kier alpha value is -2.94. The van der Waals surface area contributed by atoms with Gasteiger partial charge < -0.3 is 14.6 Å². The first kappa shape index (κ1) is 23.7. The minimum absolute atomic E-state index is 0.0437. The summed E-state index contributed by atoms with van der Waals surface area (Å²) in [5, 5.41) is 9.19. The number of aliphatic hydroxyl groups excluding tert-OH is 1. The number of rotatable bonds is 10. The molecule has 32 heavy (non-hydrogen) atoms. The second-order valence-electron chi connectivity index (χ2n) is 7.21. The summed E-state index contributed by atoms with van der Waals surface area (Å²) in [6.45, 7) is -0.0728. The van der Waals surface area contributed by atoms with E-state index in [1.165, 1.54) is 16.4 Å². The third kappa shape index (κ3) is 5.64. The van der Waals surface area contributed by atoms with Crippen LogP contribution in [0.2, 0.25) is 0 Å². The number of nitrogens with zero attached hydrogens (tertiary/aromatic N) is 1. The monoisotopic (exact) mass is 459 g/mol. The standard InChI is InChI=1S/C24H26FNO5S/c1-30-21-8-3-19(4-9-21)16-26(17-20-5-10-22(31-2)11-6-20)32(28,29)24-15-18(13-14-27)7-12-23(24)25/h3-12,15,27H,13-14,16-17H2,1-2H3. The van der Waals surface area contributed by atoms with Crippen molar-refractivity contribution in [3.8, 4) is 11.5 Å². The predicted molar refractivity (Wildman–Crippen MR) is 120 cm³/mol. The van der Waals surface area contributed by atoms with E-state index in [-0.39, 0.29) is 26.1 Å². The molecule has 0 amide bonds. The summed E-state index contributed by atoms with van der Waals surface area (Å²) in [5.41, 5.74) is 2.01. The van der Waals surface area contributed by atoms with E-state index in [1.54, 1.807) is 62.8 Å². The highest BCUT2D eigenvalue weighted by molar-refractivity contribution is 7.89.